The Balaban J connectivity index is 2.89. The Morgan fingerprint density at radius 2 is 2.24 bits per heavy atom. The smallest absolute Gasteiger partial charge is 0.0659 e. The molecule has 4 nitrogen and oxygen atoms in total. The summed E-state index contributed by atoms with van der Waals surface area (Å²) in [5, 5.41) is 7.60. The van der Waals surface area contributed by atoms with Gasteiger partial charge in [0.1, 0.15) is 0 Å². The minimum absolute atomic E-state index is 0.0894. The highest BCUT2D eigenvalue weighted by atomic mass is 79.9. The molecule has 0 aromatic carbocycles. The number of hydrogen-bond acceptors (Lipinski definition) is 3. The Morgan fingerprint density at radius 1 is 1.53 bits per heavy atom. The molecule has 5 heteroatoms. The summed E-state index contributed by atoms with van der Waals surface area (Å²) >= 11 is 3.59. The normalized spacial score (nSPS) is 12.1. The van der Waals surface area contributed by atoms with Crippen LogP contribution in [0.2, 0.25) is 0 Å². The summed E-state index contributed by atoms with van der Waals surface area (Å²) in [7, 11) is 3.69. The summed E-state index contributed by atoms with van der Waals surface area (Å²) in [6.45, 7) is 6.96. The molecule has 0 unspecified atom stereocenters. The monoisotopic (exact) mass is 303 g/mol. The van der Waals surface area contributed by atoms with Crippen LogP contribution in [0.1, 0.15) is 26.0 Å². The van der Waals surface area contributed by atoms with Gasteiger partial charge in [-0.25, -0.2) is 0 Å². The Hall–Kier alpha value is -0.390. The maximum absolute atomic E-state index is 5.12. The quantitative estimate of drug-likeness (QED) is 0.839. The van der Waals surface area contributed by atoms with E-state index in [1.165, 1.54) is 5.69 Å². The zero-order valence-corrected chi connectivity index (χ0v) is 12.7. The third-order valence-corrected chi connectivity index (χ3v) is 3.52. The van der Waals surface area contributed by atoms with Gasteiger partial charge in [0.05, 0.1) is 29.5 Å². The van der Waals surface area contributed by atoms with Gasteiger partial charge < -0.3 is 10.1 Å². The fourth-order valence-corrected chi connectivity index (χ4v) is 2.77. The second-order valence-electron chi connectivity index (χ2n) is 4.79. The maximum Gasteiger partial charge on any atom is 0.0659 e. The third-order valence-electron chi connectivity index (χ3n) is 2.94. The molecular weight excluding hydrogens is 282 g/mol. The first-order chi connectivity index (χ1) is 8.03. The number of methoxy groups -OCH3 is 1. The summed E-state index contributed by atoms with van der Waals surface area (Å²) in [5.74, 6) is 0. The van der Waals surface area contributed by atoms with Crippen LogP contribution in [-0.4, -0.2) is 37.1 Å². The third kappa shape index (κ3) is 3.79. The zero-order valence-electron chi connectivity index (χ0n) is 11.1. The zero-order chi connectivity index (χ0) is 12.9. The van der Waals surface area contributed by atoms with Crippen molar-refractivity contribution < 1.29 is 4.74 Å². The number of halogens is 1. The Morgan fingerprint density at radius 3 is 2.82 bits per heavy atom. The number of nitrogens with one attached hydrogen (secondary N) is 1. The van der Waals surface area contributed by atoms with E-state index < -0.39 is 0 Å². The lowest BCUT2D eigenvalue weighted by molar-refractivity contribution is 0.180. The first-order valence-electron chi connectivity index (χ1n) is 5.88. The molecule has 98 valence electrons. The molecule has 17 heavy (non-hydrogen) atoms. The molecule has 1 aromatic rings. The van der Waals surface area contributed by atoms with Crippen LogP contribution >= 0.6 is 15.9 Å². The molecule has 0 aliphatic heterocycles. The van der Waals surface area contributed by atoms with Crippen molar-refractivity contribution in [2.75, 3.05) is 27.3 Å². The van der Waals surface area contributed by atoms with Gasteiger partial charge in [0.25, 0.3) is 0 Å². The van der Waals surface area contributed by atoms with E-state index >= 15 is 0 Å². The van der Waals surface area contributed by atoms with E-state index in [2.05, 4.69) is 40.2 Å². The molecular formula is C12H22BrN3O. The van der Waals surface area contributed by atoms with Gasteiger partial charge in [0.2, 0.25) is 0 Å². The SMILES string of the molecule is CNCCC(C)(C)c1c(Br)cnn1CCOC. The predicted molar refractivity (Wildman–Crippen MR) is 73.4 cm³/mol. The molecule has 0 fully saturated rings. The molecule has 0 aliphatic rings. The van der Waals surface area contributed by atoms with Crippen LogP contribution < -0.4 is 5.32 Å². The maximum atomic E-state index is 5.12. The van der Waals surface area contributed by atoms with Crippen molar-refractivity contribution in [2.45, 2.75) is 32.2 Å². The van der Waals surface area contributed by atoms with E-state index in [-0.39, 0.29) is 5.41 Å². The highest BCUT2D eigenvalue weighted by Gasteiger charge is 2.27. The van der Waals surface area contributed by atoms with Gasteiger partial charge in [0, 0.05) is 12.5 Å². The number of rotatable bonds is 7. The fraction of sp³-hybridized carbons (Fsp3) is 0.750. The van der Waals surface area contributed by atoms with Crippen LogP contribution in [0.25, 0.3) is 0 Å². The Kier molecular flexibility index (Phi) is 5.62. The molecule has 1 N–H and O–H groups in total. The summed E-state index contributed by atoms with van der Waals surface area (Å²) in [6.07, 6.45) is 2.94. The molecule has 0 radical (unpaired) electrons. The second kappa shape index (κ2) is 6.52. The van der Waals surface area contributed by atoms with Gasteiger partial charge >= 0.3 is 0 Å². The topological polar surface area (TPSA) is 39.1 Å². The van der Waals surface area contributed by atoms with Crippen molar-refractivity contribution >= 4 is 15.9 Å². The van der Waals surface area contributed by atoms with E-state index in [4.69, 9.17) is 4.74 Å². The molecule has 0 saturated carbocycles. The largest absolute Gasteiger partial charge is 0.383 e. The summed E-state index contributed by atoms with van der Waals surface area (Å²) in [6, 6.07) is 0. The van der Waals surface area contributed by atoms with Gasteiger partial charge in [-0.3, -0.25) is 4.68 Å². The van der Waals surface area contributed by atoms with Gasteiger partial charge in [-0.1, -0.05) is 13.8 Å². The van der Waals surface area contributed by atoms with E-state index in [1.807, 2.05) is 17.9 Å². The average Bonchev–Trinajstić information content (AvgIpc) is 2.66. The standard InChI is InChI=1S/C12H22BrN3O/c1-12(2,5-6-14-3)11-10(13)9-15-16(11)7-8-17-4/h9,14H,5-8H2,1-4H3. The van der Waals surface area contributed by atoms with Crippen molar-refractivity contribution in [3.63, 3.8) is 0 Å². The molecule has 1 aromatic heterocycles. The molecule has 0 saturated heterocycles. The Bertz CT molecular complexity index is 350. The Labute approximate surface area is 112 Å². The van der Waals surface area contributed by atoms with Crippen molar-refractivity contribution in [1.29, 1.82) is 0 Å². The predicted octanol–water partition coefficient (Wildman–Crippen LogP) is 2.18. The highest BCUT2D eigenvalue weighted by molar-refractivity contribution is 9.10. The molecule has 0 atom stereocenters. The van der Waals surface area contributed by atoms with E-state index in [0.29, 0.717) is 6.61 Å². The number of ether oxygens (including phenoxy) is 1. The lowest BCUT2D eigenvalue weighted by atomic mass is 9.85. The van der Waals surface area contributed by atoms with Crippen LogP contribution in [0.4, 0.5) is 0 Å². The van der Waals surface area contributed by atoms with Crippen LogP contribution in [0.5, 0.6) is 0 Å². The minimum atomic E-state index is 0.0894. The van der Waals surface area contributed by atoms with E-state index in [1.54, 1.807) is 7.11 Å². The van der Waals surface area contributed by atoms with Crippen molar-refractivity contribution in [2.24, 2.45) is 0 Å². The number of hydrogen-bond donors (Lipinski definition) is 1. The molecule has 0 amide bonds. The molecule has 1 heterocycles. The lowest BCUT2D eigenvalue weighted by Crippen LogP contribution is -2.27. The van der Waals surface area contributed by atoms with E-state index in [9.17, 15) is 0 Å². The first-order valence-corrected chi connectivity index (χ1v) is 6.67. The van der Waals surface area contributed by atoms with Gasteiger partial charge in [-0.2, -0.15) is 5.10 Å². The lowest BCUT2D eigenvalue weighted by Gasteiger charge is -2.26. The number of aromatic nitrogens is 2. The molecule has 0 spiro atoms. The van der Waals surface area contributed by atoms with Crippen LogP contribution in [0.3, 0.4) is 0 Å². The highest BCUT2D eigenvalue weighted by Crippen LogP contribution is 2.32. The van der Waals surface area contributed by atoms with Crippen molar-refractivity contribution in [3.05, 3.63) is 16.4 Å². The summed E-state index contributed by atoms with van der Waals surface area (Å²) in [4.78, 5) is 0. The second-order valence-corrected chi connectivity index (χ2v) is 5.65. The number of nitrogens with zero attached hydrogens (tertiary/aromatic N) is 2. The van der Waals surface area contributed by atoms with Gasteiger partial charge in [-0.15, -0.1) is 0 Å². The van der Waals surface area contributed by atoms with Crippen LogP contribution in [0.15, 0.2) is 10.7 Å². The average molecular weight is 304 g/mol. The summed E-state index contributed by atoms with van der Waals surface area (Å²) in [5.41, 5.74) is 1.33. The fourth-order valence-electron chi connectivity index (χ4n) is 1.94. The van der Waals surface area contributed by atoms with Crippen LogP contribution in [0, 0.1) is 0 Å². The van der Waals surface area contributed by atoms with Crippen molar-refractivity contribution in [1.82, 2.24) is 15.1 Å². The molecule has 0 bridgehead atoms. The van der Waals surface area contributed by atoms with Crippen molar-refractivity contribution in [3.8, 4) is 0 Å². The van der Waals surface area contributed by atoms with Gasteiger partial charge in [-0.05, 0) is 35.9 Å². The van der Waals surface area contributed by atoms with E-state index in [0.717, 1.165) is 24.0 Å². The van der Waals surface area contributed by atoms with Crippen LogP contribution in [-0.2, 0) is 16.7 Å². The molecule has 0 aliphatic carbocycles. The first kappa shape index (κ1) is 14.7. The summed E-state index contributed by atoms with van der Waals surface area (Å²) < 4.78 is 8.22. The minimum Gasteiger partial charge on any atom is -0.383 e. The van der Waals surface area contributed by atoms with Gasteiger partial charge in [0.15, 0.2) is 0 Å². The molecule has 1 rings (SSSR count).